The molecule has 0 bridgehead atoms. The first-order chi connectivity index (χ1) is 16.2. The number of rotatable bonds is 4. The molecular formula is C28H25ClN2O2S. The highest BCUT2D eigenvalue weighted by Crippen LogP contribution is 2.36. The van der Waals surface area contributed by atoms with E-state index in [-0.39, 0.29) is 16.8 Å². The third kappa shape index (κ3) is 4.26. The Balaban J connectivity index is 1.67. The molecule has 6 heteroatoms. The third-order valence-electron chi connectivity index (χ3n) is 6.45. The molecule has 34 heavy (non-hydrogen) atoms. The maximum atomic E-state index is 13.9. The molecule has 2 aromatic heterocycles. The number of ketones is 1. The number of thiazole rings is 1. The van der Waals surface area contributed by atoms with E-state index in [1.165, 1.54) is 11.3 Å². The van der Waals surface area contributed by atoms with Gasteiger partial charge in [-0.15, -0.1) is 11.3 Å². The zero-order valence-electron chi connectivity index (χ0n) is 19.4. The number of halogens is 1. The van der Waals surface area contributed by atoms with Gasteiger partial charge in [0, 0.05) is 33.6 Å². The number of hydrogen-bond acceptors (Lipinski definition) is 4. The topological polar surface area (TPSA) is 52.0 Å². The highest BCUT2D eigenvalue weighted by molar-refractivity contribution is 7.13. The van der Waals surface area contributed by atoms with Crippen molar-refractivity contribution < 1.29 is 4.79 Å². The Bertz CT molecular complexity index is 1460. The molecule has 0 N–H and O–H groups in total. The number of carbonyl (C=O) groups excluding carboxylic acids is 1. The van der Waals surface area contributed by atoms with E-state index in [0.29, 0.717) is 40.5 Å². The fourth-order valence-corrected chi connectivity index (χ4v) is 5.57. The number of aromatic nitrogens is 2. The second kappa shape index (κ2) is 8.64. The summed E-state index contributed by atoms with van der Waals surface area (Å²) in [5.74, 6) is 0.0838. The number of aryl methyl sites for hydroxylation is 1. The second-order valence-corrected chi connectivity index (χ2v) is 11.0. The van der Waals surface area contributed by atoms with Gasteiger partial charge in [-0.3, -0.25) is 9.59 Å². The lowest BCUT2D eigenvalue weighted by molar-refractivity contribution is 0.0907. The summed E-state index contributed by atoms with van der Waals surface area (Å²) in [7, 11) is 0. The highest BCUT2D eigenvalue weighted by Gasteiger charge is 2.34. The van der Waals surface area contributed by atoms with Crippen LogP contribution in [-0.2, 0) is 13.0 Å². The van der Waals surface area contributed by atoms with Crippen LogP contribution in [0.25, 0.3) is 21.8 Å². The van der Waals surface area contributed by atoms with Gasteiger partial charge in [0.25, 0.3) is 5.56 Å². The van der Waals surface area contributed by atoms with Crippen molar-refractivity contribution in [2.75, 3.05) is 0 Å². The van der Waals surface area contributed by atoms with Crippen molar-refractivity contribution in [1.29, 1.82) is 0 Å². The number of fused-ring (bicyclic) bond motifs is 1. The summed E-state index contributed by atoms with van der Waals surface area (Å²) in [5.41, 5.74) is 5.56. The van der Waals surface area contributed by atoms with Crippen LogP contribution in [0.3, 0.4) is 0 Å². The van der Waals surface area contributed by atoms with Crippen molar-refractivity contribution in [2.45, 2.75) is 40.2 Å². The van der Waals surface area contributed by atoms with Gasteiger partial charge in [-0.2, -0.15) is 0 Å². The monoisotopic (exact) mass is 488 g/mol. The number of Topliss-reactive ketones (excluding diaryl/α,β-unsaturated/α-hetero) is 1. The normalized spacial score (nSPS) is 14.8. The summed E-state index contributed by atoms with van der Waals surface area (Å²) >= 11 is 7.44. The van der Waals surface area contributed by atoms with Crippen LogP contribution in [0.5, 0.6) is 0 Å². The van der Waals surface area contributed by atoms with E-state index in [4.69, 9.17) is 16.6 Å². The predicted molar refractivity (Wildman–Crippen MR) is 139 cm³/mol. The SMILES string of the molecule is Cc1ccccc1Cn1c2c(cc(-c3nc(-c4ccc(Cl)cc4)cs3)c1=O)C(=O)CC(C)(C)C2. The van der Waals surface area contributed by atoms with Gasteiger partial charge in [-0.05, 0) is 48.1 Å². The lowest BCUT2D eigenvalue weighted by Crippen LogP contribution is -2.35. The van der Waals surface area contributed by atoms with Crippen molar-refractivity contribution in [3.8, 4) is 21.8 Å². The van der Waals surface area contributed by atoms with Crippen LogP contribution in [0.1, 0.15) is 47.4 Å². The van der Waals surface area contributed by atoms with E-state index in [0.717, 1.165) is 28.1 Å². The van der Waals surface area contributed by atoms with E-state index in [1.807, 2.05) is 60.8 Å². The van der Waals surface area contributed by atoms with Gasteiger partial charge in [-0.25, -0.2) is 4.98 Å². The highest BCUT2D eigenvalue weighted by atomic mass is 35.5. The van der Waals surface area contributed by atoms with E-state index >= 15 is 0 Å². The first-order valence-electron chi connectivity index (χ1n) is 11.3. The fourth-order valence-electron chi connectivity index (χ4n) is 4.61. The van der Waals surface area contributed by atoms with Gasteiger partial charge in [-0.1, -0.05) is 61.8 Å². The van der Waals surface area contributed by atoms with Crippen LogP contribution in [0.2, 0.25) is 5.02 Å². The van der Waals surface area contributed by atoms with E-state index in [2.05, 4.69) is 13.8 Å². The van der Waals surface area contributed by atoms with Crippen LogP contribution < -0.4 is 5.56 Å². The Morgan fingerprint density at radius 1 is 1.03 bits per heavy atom. The van der Waals surface area contributed by atoms with E-state index in [1.54, 1.807) is 10.6 Å². The maximum absolute atomic E-state index is 13.9. The summed E-state index contributed by atoms with van der Waals surface area (Å²) in [5, 5.41) is 3.22. The summed E-state index contributed by atoms with van der Waals surface area (Å²) in [6, 6.07) is 17.3. The quantitative estimate of drug-likeness (QED) is 0.317. The van der Waals surface area contributed by atoms with Crippen LogP contribution >= 0.6 is 22.9 Å². The Hall–Kier alpha value is -3.02. The first kappa shape index (κ1) is 22.8. The Kier molecular flexibility index (Phi) is 5.78. The molecule has 0 radical (unpaired) electrons. The van der Waals surface area contributed by atoms with Crippen molar-refractivity contribution in [3.05, 3.63) is 97.7 Å². The Labute approximate surface area is 207 Å². The average Bonchev–Trinajstić information content (AvgIpc) is 3.27. The lowest BCUT2D eigenvalue weighted by Gasteiger charge is -2.32. The van der Waals surface area contributed by atoms with Crippen LogP contribution in [0.4, 0.5) is 0 Å². The molecule has 0 unspecified atom stereocenters. The first-order valence-corrected chi connectivity index (χ1v) is 12.5. The molecule has 0 atom stereocenters. The van der Waals surface area contributed by atoms with E-state index < -0.39 is 0 Å². The minimum atomic E-state index is -0.186. The standard InChI is InChI=1S/C28H25ClN2O2S/c1-17-6-4-5-7-19(17)15-31-24-13-28(2,3)14-25(32)21(24)12-22(27(31)33)26-30-23(16-34-26)18-8-10-20(29)11-9-18/h4-12,16H,13-15H2,1-3H3. The number of hydrogen-bond donors (Lipinski definition) is 0. The minimum Gasteiger partial charge on any atom is -0.307 e. The van der Waals surface area contributed by atoms with Gasteiger partial charge >= 0.3 is 0 Å². The number of pyridine rings is 1. The minimum absolute atomic E-state index is 0.0838. The molecule has 0 fully saturated rings. The van der Waals surface area contributed by atoms with Gasteiger partial charge in [0.1, 0.15) is 5.01 Å². The van der Waals surface area contributed by atoms with Crippen molar-refractivity contribution >= 4 is 28.7 Å². The van der Waals surface area contributed by atoms with Crippen molar-refractivity contribution in [1.82, 2.24) is 9.55 Å². The van der Waals surface area contributed by atoms with E-state index in [9.17, 15) is 9.59 Å². The van der Waals surface area contributed by atoms with Gasteiger partial charge < -0.3 is 4.57 Å². The van der Waals surface area contributed by atoms with Crippen LogP contribution in [-0.4, -0.2) is 15.3 Å². The Morgan fingerprint density at radius 3 is 2.50 bits per heavy atom. The molecule has 1 aliphatic carbocycles. The summed E-state index contributed by atoms with van der Waals surface area (Å²) in [4.78, 5) is 31.8. The molecule has 1 aliphatic rings. The predicted octanol–water partition coefficient (Wildman–Crippen LogP) is 6.80. The second-order valence-electron chi connectivity index (χ2n) is 9.72. The molecule has 0 spiro atoms. The molecule has 2 aromatic carbocycles. The molecule has 0 amide bonds. The fraction of sp³-hybridized carbons (Fsp3) is 0.250. The van der Waals surface area contributed by atoms with Gasteiger partial charge in [0.05, 0.1) is 17.8 Å². The molecule has 4 aromatic rings. The Morgan fingerprint density at radius 2 is 1.76 bits per heavy atom. The van der Waals surface area contributed by atoms with Gasteiger partial charge in [0.15, 0.2) is 5.78 Å². The van der Waals surface area contributed by atoms with Crippen molar-refractivity contribution in [2.24, 2.45) is 5.41 Å². The van der Waals surface area contributed by atoms with Crippen molar-refractivity contribution in [3.63, 3.8) is 0 Å². The average molecular weight is 489 g/mol. The molecular weight excluding hydrogens is 464 g/mol. The maximum Gasteiger partial charge on any atom is 0.261 e. The van der Waals surface area contributed by atoms with Gasteiger partial charge in [0.2, 0.25) is 0 Å². The smallest absolute Gasteiger partial charge is 0.261 e. The zero-order valence-corrected chi connectivity index (χ0v) is 21.0. The summed E-state index contributed by atoms with van der Waals surface area (Å²) in [6.45, 7) is 6.65. The number of nitrogens with zero attached hydrogens (tertiary/aromatic N) is 2. The van der Waals surface area contributed by atoms with Crippen LogP contribution in [0, 0.1) is 12.3 Å². The zero-order chi connectivity index (χ0) is 24.0. The summed E-state index contributed by atoms with van der Waals surface area (Å²) in [6.07, 6.45) is 1.15. The molecule has 0 saturated carbocycles. The lowest BCUT2D eigenvalue weighted by atomic mass is 9.75. The largest absolute Gasteiger partial charge is 0.307 e. The molecule has 172 valence electrons. The molecule has 2 heterocycles. The number of benzene rings is 2. The third-order valence-corrected chi connectivity index (χ3v) is 7.58. The molecule has 0 aliphatic heterocycles. The molecule has 5 rings (SSSR count). The summed E-state index contributed by atoms with van der Waals surface area (Å²) < 4.78 is 1.80. The van der Waals surface area contributed by atoms with Crippen LogP contribution in [0.15, 0.2) is 64.8 Å². The molecule has 0 saturated heterocycles. The number of carbonyl (C=O) groups is 1. The molecule has 4 nitrogen and oxygen atoms in total.